The van der Waals surface area contributed by atoms with Gasteiger partial charge in [-0.1, -0.05) is 15.9 Å². The van der Waals surface area contributed by atoms with Crippen molar-refractivity contribution in [3.05, 3.63) is 37.9 Å². The standard InChI is InChI=1S/C11H10BrIO2/c1-2-15-11(14)6-3-8-7-9(13)4-5-10(8)12/h3-7H,2H2,1H3. The van der Waals surface area contributed by atoms with Crippen molar-refractivity contribution in [3.63, 3.8) is 0 Å². The van der Waals surface area contributed by atoms with E-state index in [-0.39, 0.29) is 5.97 Å². The summed E-state index contributed by atoms with van der Waals surface area (Å²) in [7, 11) is 0. The highest BCUT2D eigenvalue weighted by Crippen LogP contribution is 2.20. The molecule has 0 heterocycles. The molecule has 80 valence electrons. The summed E-state index contributed by atoms with van der Waals surface area (Å²) in [6.07, 6.45) is 3.17. The van der Waals surface area contributed by atoms with Gasteiger partial charge in [-0.3, -0.25) is 0 Å². The van der Waals surface area contributed by atoms with Crippen LogP contribution in [0.4, 0.5) is 0 Å². The molecule has 1 aromatic carbocycles. The second-order valence-corrected chi connectivity index (χ2v) is 4.85. The number of rotatable bonds is 3. The van der Waals surface area contributed by atoms with Crippen molar-refractivity contribution >= 4 is 50.6 Å². The molecule has 1 rings (SSSR count). The first-order valence-electron chi connectivity index (χ1n) is 4.43. The summed E-state index contributed by atoms with van der Waals surface area (Å²) in [5, 5.41) is 0. The SMILES string of the molecule is CCOC(=O)C=Cc1cc(I)ccc1Br. The monoisotopic (exact) mass is 380 g/mol. The Labute approximate surface area is 111 Å². The van der Waals surface area contributed by atoms with Crippen molar-refractivity contribution in [2.45, 2.75) is 6.92 Å². The first-order chi connectivity index (χ1) is 7.13. The Balaban J connectivity index is 2.79. The van der Waals surface area contributed by atoms with Crippen LogP contribution in [0.1, 0.15) is 12.5 Å². The van der Waals surface area contributed by atoms with Crippen molar-refractivity contribution in [1.29, 1.82) is 0 Å². The lowest BCUT2D eigenvalue weighted by molar-refractivity contribution is -0.137. The third-order valence-corrected chi connectivity index (χ3v) is 3.04. The Hall–Kier alpha value is -0.360. The quantitative estimate of drug-likeness (QED) is 0.454. The van der Waals surface area contributed by atoms with E-state index in [1.165, 1.54) is 6.08 Å². The number of ether oxygens (including phenoxy) is 1. The predicted octanol–water partition coefficient (Wildman–Crippen LogP) is 3.63. The molecule has 0 saturated heterocycles. The summed E-state index contributed by atoms with van der Waals surface area (Å²) in [4.78, 5) is 11.1. The minimum Gasteiger partial charge on any atom is -0.463 e. The van der Waals surface area contributed by atoms with Gasteiger partial charge in [0.15, 0.2) is 0 Å². The van der Waals surface area contributed by atoms with Crippen LogP contribution in [0.5, 0.6) is 0 Å². The normalized spacial score (nSPS) is 10.6. The van der Waals surface area contributed by atoms with E-state index >= 15 is 0 Å². The van der Waals surface area contributed by atoms with Gasteiger partial charge in [0.05, 0.1) is 6.61 Å². The highest BCUT2D eigenvalue weighted by atomic mass is 127. The predicted molar refractivity (Wildman–Crippen MR) is 72.5 cm³/mol. The molecule has 0 amide bonds. The summed E-state index contributed by atoms with van der Waals surface area (Å²) in [5.74, 6) is -0.316. The molecule has 0 fully saturated rings. The average Bonchev–Trinajstić information content (AvgIpc) is 2.20. The first-order valence-corrected chi connectivity index (χ1v) is 6.30. The van der Waals surface area contributed by atoms with E-state index in [2.05, 4.69) is 38.5 Å². The van der Waals surface area contributed by atoms with Crippen molar-refractivity contribution in [2.24, 2.45) is 0 Å². The second-order valence-electron chi connectivity index (χ2n) is 2.75. The molecule has 0 unspecified atom stereocenters. The molecule has 0 radical (unpaired) electrons. The van der Waals surface area contributed by atoms with Crippen molar-refractivity contribution < 1.29 is 9.53 Å². The summed E-state index contributed by atoms with van der Waals surface area (Å²) < 4.78 is 6.88. The molecule has 0 spiro atoms. The van der Waals surface area contributed by atoms with Crippen LogP contribution < -0.4 is 0 Å². The third-order valence-electron chi connectivity index (χ3n) is 1.64. The van der Waals surface area contributed by atoms with Gasteiger partial charge in [-0.2, -0.15) is 0 Å². The van der Waals surface area contributed by atoms with E-state index in [0.29, 0.717) is 6.61 Å². The lowest BCUT2D eigenvalue weighted by Crippen LogP contribution is -1.98. The molecule has 0 aliphatic rings. The molecule has 0 aliphatic carbocycles. The molecular weight excluding hydrogens is 371 g/mol. The van der Waals surface area contributed by atoms with Gasteiger partial charge >= 0.3 is 5.97 Å². The highest BCUT2D eigenvalue weighted by Gasteiger charge is 1.98. The van der Waals surface area contributed by atoms with E-state index < -0.39 is 0 Å². The van der Waals surface area contributed by atoms with Crippen LogP contribution in [0.25, 0.3) is 6.08 Å². The van der Waals surface area contributed by atoms with Crippen LogP contribution in [-0.4, -0.2) is 12.6 Å². The number of benzene rings is 1. The molecule has 0 bridgehead atoms. The molecule has 0 atom stereocenters. The summed E-state index contributed by atoms with van der Waals surface area (Å²) in [6, 6.07) is 5.93. The molecule has 0 N–H and O–H groups in total. The number of esters is 1. The zero-order valence-electron chi connectivity index (χ0n) is 8.17. The zero-order valence-corrected chi connectivity index (χ0v) is 11.9. The van der Waals surface area contributed by atoms with E-state index in [0.717, 1.165) is 13.6 Å². The van der Waals surface area contributed by atoms with Crippen molar-refractivity contribution in [2.75, 3.05) is 6.61 Å². The number of hydrogen-bond donors (Lipinski definition) is 0. The van der Waals surface area contributed by atoms with Crippen LogP contribution in [0, 0.1) is 3.57 Å². The van der Waals surface area contributed by atoms with E-state index in [1.54, 1.807) is 13.0 Å². The molecular formula is C11H10BrIO2. The fourth-order valence-electron chi connectivity index (χ4n) is 0.991. The van der Waals surface area contributed by atoms with Crippen LogP contribution in [-0.2, 0) is 9.53 Å². The first kappa shape index (κ1) is 12.7. The average molecular weight is 381 g/mol. The molecule has 2 nitrogen and oxygen atoms in total. The maximum Gasteiger partial charge on any atom is 0.330 e. The molecule has 0 aromatic heterocycles. The van der Waals surface area contributed by atoms with Gasteiger partial charge in [0.25, 0.3) is 0 Å². The number of carbonyl (C=O) groups excluding carboxylic acids is 1. The Morgan fingerprint density at radius 1 is 1.60 bits per heavy atom. The lowest BCUT2D eigenvalue weighted by Gasteiger charge is -1.99. The Bertz CT molecular complexity index is 388. The molecule has 0 saturated carbocycles. The van der Waals surface area contributed by atoms with Crippen LogP contribution in [0.3, 0.4) is 0 Å². The fraction of sp³-hybridized carbons (Fsp3) is 0.182. The fourth-order valence-corrected chi connectivity index (χ4v) is 1.88. The Morgan fingerprint density at radius 3 is 3.00 bits per heavy atom. The maximum absolute atomic E-state index is 11.1. The minimum absolute atomic E-state index is 0.316. The highest BCUT2D eigenvalue weighted by molar-refractivity contribution is 14.1. The lowest BCUT2D eigenvalue weighted by atomic mass is 10.2. The second kappa shape index (κ2) is 6.27. The summed E-state index contributed by atoms with van der Waals surface area (Å²) >= 11 is 5.64. The zero-order chi connectivity index (χ0) is 11.3. The Kier molecular flexibility index (Phi) is 5.31. The number of halogens is 2. The topological polar surface area (TPSA) is 26.3 Å². The van der Waals surface area contributed by atoms with Crippen molar-refractivity contribution in [1.82, 2.24) is 0 Å². The van der Waals surface area contributed by atoms with Gasteiger partial charge in [0.2, 0.25) is 0 Å². The van der Waals surface area contributed by atoms with Gasteiger partial charge in [0.1, 0.15) is 0 Å². The van der Waals surface area contributed by atoms with Gasteiger partial charge in [0, 0.05) is 14.1 Å². The third kappa shape index (κ3) is 4.34. The van der Waals surface area contributed by atoms with E-state index in [1.807, 2.05) is 18.2 Å². The molecule has 1 aromatic rings. The van der Waals surface area contributed by atoms with Gasteiger partial charge in [-0.05, 0) is 59.4 Å². The molecule has 0 aliphatic heterocycles. The van der Waals surface area contributed by atoms with E-state index in [4.69, 9.17) is 4.74 Å². The van der Waals surface area contributed by atoms with E-state index in [9.17, 15) is 4.79 Å². The number of hydrogen-bond acceptors (Lipinski definition) is 2. The smallest absolute Gasteiger partial charge is 0.330 e. The summed E-state index contributed by atoms with van der Waals surface area (Å²) in [6.45, 7) is 2.18. The van der Waals surface area contributed by atoms with Crippen LogP contribution in [0.2, 0.25) is 0 Å². The van der Waals surface area contributed by atoms with Gasteiger partial charge in [-0.15, -0.1) is 0 Å². The molecule has 4 heteroatoms. The van der Waals surface area contributed by atoms with Crippen LogP contribution >= 0.6 is 38.5 Å². The largest absolute Gasteiger partial charge is 0.463 e. The molecule has 15 heavy (non-hydrogen) atoms. The van der Waals surface area contributed by atoms with Gasteiger partial charge in [-0.25, -0.2) is 4.79 Å². The van der Waals surface area contributed by atoms with Crippen LogP contribution in [0.15, 0.2) is 28.7 Å². The minimum atomic E-state index is -0.316. The summed E-state index contributed by atoms with van der Waals surface area (Å²) in [5.41, 5.74) is 0.968. The van der Waals surface area contributed by atoms with Gasteiger partial charge < -0.3 is 4.74 Å². The Morgan fingerprint density at radius 2 is 2.33 bits per heavy atom. The number of carbonyl (C=O) groups is 1. The van der Waals surface area contributed by atoms with Crippen molar-refractivity contribution in [3.8, 4) is 0 Å². The maximum atomic E-state index is 11.1.